The molecule has 0 aliphatic carbocycles. The quantitative estimate of drug-likeness (QED) is 0.859. The molecule has 0 aromatic carbocycles. The van der Waals surface area contributed by atoms with Crippen molar-refractivity contribution >= 4 is 5.95 Å². The second-order valence-electron chi connectivity index (χ2n) is 7.03. The summed E-state index contributed by atoms with van der Waals surface area (Å²) in [6.45, 7) is 7.44. The van der Waals surface area contributed by atoms with Crippen molar-refractivity contribution in [1.82, 2.24) is 24.6 Å². The Balaban J connectivity index is 1.50. The third-order valence-corrected chi connectivity index (χ3v) is 5.18. The Kier molecular flexibility index (Phi) is 4.22. The second-order valence-corrected chi connectivity index (χ2v) is 7.03. The molecule has 4 heterocycles. The van der Waals surface area contributed by atoms with Crippen LogP contribution in [0.4, 0.5) is 5.95 Å². The number of aryl methyl sites for hydroxylation is 2. The van der Waals surface area contributed by atoms with Crippen molar-refractivity contribution in [2.24, 2.45) is 7.05 Å². The van der Waals surface area contributed by atoms with Gasteiger partial charge in [0.2, 0.25) is 5.95 Å². The number of hydrogen-bond acceptors (Lipinski definition) is 5. The third-order valence-electron chi connectivity index (χ3n) is 5.18. The molecule has 0 atom stereocenters. The van der Waals surface area contributed by atoms with Gasteiger partial charge in [0.25, 0.3) is 0 Å². The molecule has 6 heteroatoms. The van der Waals surface area contributed by atoms with E-state index in [1.54, 1.807) is 0 Å². The summed E-state index contributed by atoms with van der Waals surface area (Å²) in [6, 6.07) is 0. The molecule has 2 aliphatic rings. The Bertz CT molecular complexity index is 716. The lowest BCUT2D eigenvalue weighted by atomic mass is 10.1. The maximum absolute atomic E-state index is 4.93. The molecule has 0 radical (unpaired) electrons. The summed E-state index contributed by atoms with van der Waals surface area (Å²) in [6.07, 6.45) is 8.65. The van der Waals surface area contributed by atoms with Crippen molar-refractivity contribution in [3.63, 3.8) is 0 Å². The highest BCUT2D eigenvalue weighted by atomic mass is 15.3. The molecule has 24 heavy (non-hydrogen) atoms. The van der Waals surface area contributed by atoms with E-state index < -0.39 is 0 Å². The van der Waals surface area contributed by atoms with Crippen molar-refractivity contribution in [3.8, 4) is 0 Å². The molecule has 2 aromatic rings. The van der Waals surface area contributed by atoms with Crippen LogP contribution in [-0.4, -0.2) is 50.8 Å². The van der Waals surface area contributed by atoms with E-state index in [9.17, 15) is 0 Å². The summed E-state index contributed by atoms with van der Waals surface area (Å²) >= 11 is 0. The fraction of sp³-hybridized carbons (Fsp3) is 0.611. The van der Waals surface area contributed by atoms with Gasteiger partial charge >= 0.3 is 0 Å². The molecule has 0 spiro atoms. The van der Waals surface area contributed by atoms with Crippen molar-refractivity contribution in [3.05, 3.63) is 34.9 Å². The van der Waals surface area contributed by atoms with E-state index in [0.717, 1.165) is 51.5 Å². The topological polar surface area (TPSA) is 50.1 Å². The number of hydrogen-bond donors (Lipinski definition) is 0. The normalized spacial score (nSPS) is 18.7. The smallest absolute Gasteiger partial charge is 0.225 e. The first-order valence-corrected chi connectivity index (χ1v) is 9.00. The zero-order chi connectivity index (χ0) is 16.5. The number of anilines is 1. The summed E-state index contributed by atoms with van der Waals surface area (Å²) in [5.74, 6) is 0.949. The Morgan fingerprint density at radius 3 is 2.58 bits per heavy atom. The van der Waals surface area contributed by atoms with Gasteiger partial charge in [-0.2, -0.15) is 5.10 Å². The highest BCUT2D eigenvalue weighted by Crippen LogP contribution is 2.23. The van der Waals surface area contributed by atoms with Crippen LogP contribution < -0.4 is 4.90 Å². The van der Waals surface area contributed by atoms with Gasteiger partial charge in [0.1, 0.15) is 0 Å². The molecular formula is C18H26N6. The Morgan fingerprint density at radius 2 is 1.83 bits per heavy atom. The summed E-state index contributed by atoms with van der Waals surface area (Å²) < 4.78 is 1.87. The van der Waals surface area contributed by atoms with Crippen LogP contribution in [0.5, 0.6) is 0 Å². The van der Waals surface area contributed by atoms with Gasteiger partial charge in [0.05, 0.1) is 11.9 Å². The van der Waals surface area contributed by atoms with Crippen molar-refractivity contribution < 1.29 is 0 Å². The van der Waals surface area contributed by atoms with Gasteiger partial charge in [-0.25, -0.2) is 9.97 Å². The molecule has 6 nitrogen and oxygen atoms in total. The van der Waals surface area contributed by atoms with Crippen molar-refractivity contribution in [2.75, 3.05) is 31.1 Å². The summed E-state index contributed by atoms with van der Waals surface area (Å²) in [7, 11) is 1.97. The van der Waals surface area contributed by atoms with Crippen LogP contribution in [0, 0.1) is 6.92 Å². The van der Waals surface area contributed by atoms with Gasteiger partial charge in [-0.1, -0.05) is 0 Å². The fourth-order valence-corrected chi connectivity index (χ4v) is 3.85. The van der Waals surface area contributed by atoms with Crippen LogP contribution in [0.15, 0.2) is 12.4 Å². The maximum Gasteiger partial charge on any atom is 0.225 e. The van der Waals surface area contributed by atoms with Crippen molar-refractivity contribution in [2.45, 2.75) is 39.2 Å². The first kappa shape index (κ1) is 15.6. The molecule has 1 fully saturated rings. The average molecular weight is 326 g/mol. The SMILES string of the molecule is Cc1nc(N2CCCC2)nc2c1CCN(Cc1cnn(C)c1)CC2. The van der Waals surface area contributed by atoms with Gasteiger partial charge in [0, 0.05) is 63.6 Å². The highest BCUT2D eigenvalue weighted by Gasteiger charge is 2.22. The molecule has 0 amide bonds. The van der Waals surface area contributed by atoms with Crippen LogP contribution in [-0.2, 0) is 26.4 Å². The number of fused-ring (bicyclic) bond motifs is 1. The van der Waals surface area contributed by atoms with E-state index in [0.29, 0.717) is 0 Å². The van der Waals surface area contributed by atoms with E-state index in [1.165, 1.54) is 35.4 Å². The largest absolute Gasteiger partial charge is 0.341 e. The molecule has 2 aliphatic heterocycles. The highest BCUT2D eigenvalue weighted by molar-refractivity contribution is 5.38. The zero-order valence-electron chi connectivity index (χ0n) is 14.7. The lowest BCUT2D eigenvalue weighted by molar-refractivity contribution is 0.279. The second kappa shape index (κ2) is 6.51. The van der Waals surface area contributed by atoms with Gasteiger partial charge in [0.15, 0.2) is 0 Å². The molecule has 0 N–H and O–H groups in total. The number of rotatable bonds is 3. The molecule has 1 saturated heterocycles. The minimum Gasteiger partial charge on any atom is -0.341 e. The lowest BCUT2D eigenvalue weighted by Gasteiger charge is -2.18. The molecule has 0 saturated carbocycles. The molecule has 0 bridgehead atoms. The molecular weight excluding hydrogens is 300 g/mol. The number of aromatic nitrogens is 4. The predicted octanol–water partition coefficient (Wildman–Crippen LogP) is 1.72. The lowest BCUT2D eigenvalue weighted by Crippen LogP contribution is -2.25. The van der Waals surface area contributed by atoms with Crippen LogP contribution in [0.25, 0.3) is 0 Å². The maximum atomic E-state index is 4.93. The first-order chi connectivity index (χ1) is 11.7. The van der Waals surface area contributed by atoms with Crippen LogP contribution >= 0.6 is 0 Å². The zero-order valence-corrected chi connectivity index (χ0v) is 14.7. The first-order valence-electron chi connectivity index (χ1n) is 9.00. The van der Waals surface area contributed by atoms with Gasteiger partial charge < -0.3 is 4.90 Å². The summed E-state index contributed by atoms with van der Waals surface area (Å²) in [5, 5.41) is 4.28. The van der Waals surface area contributed by atoms with E-state index >= 15 is 0 Å². The Morgan fingerprint density at radius 1 is 1.04 bits per heavy atom. The third kappa shape index (κ3) is 3.15. The summed E-state index contributed by atoms with van der Waals surface area (Å²) in [4.78, 5) is 14.6. The van der Waals surface area contributed by atoms with Gasteiger partial charge in [-0.15, -0.1) is 0 Å². The van der Waals surface area contributed by atoms with E-state index in [2.05, 4.69) is 28.0 Å². The monoisotopic (exact) mass is 326 g/mol. The Labute approximate surface area is 143 Å². The van der Waals surface area contributed by atoms with E-state index in [-0.39, 0.29) is 0 Å². The van der Waals surface area contributed by atoms with Crippen LogP contribution in [0.1, 0.15) is 35.4 Å². The Hall–Kier alpha value is -1.95. The van der Waals surface area contributed by atoms with E-state index in [4.69, 9.17) is 9.97 Å². The van der Waals surface area contributed by atoms with Gasteiger partial charge in [-0.05, 0) is 31.7 Å². The predicted molar refractivity (Wildman–Crippen MR) is 94.1 cm³/mol. The standard InChI is InChI=1S/C18H26N6/c1-14-16-5-9-23(13-15-11-19-22(2)12-15)10-6-17(16)21-18(20-14)24-7-3-4-8-24/h11-12H,3-10,13H2,1-2H3. The number of nitrogens with zero attached hydrogens (tertiary/aromatic N) is 6. The fourth-order valence-electron chi connectivity index (χ4n) is 3.85. The van der Waals surface area contributed by atoms with Crippen LogP contribution in [0.2, 0.25) is 0 Å². The minimum absolute atomic E-state index is 0.949. The minimum atomic E-state index is 0.949. The molecule has 128 valence electrons. The van der Waals surface area contributed by atoms with Crippen LogP contribution in [0.3, 0.4) is 0 Å². The molecule has 0 unspecified atom stereocenters. The summed E-state index contributed by atoms with van der Waals surface area (Å²) in [5.41, 5.74) is 5.08. The molecule has 4 rings (SSSR count). The average Bonchev–Trinajstić information content (AvgIpc) is 3.18. The van der Waals surface area contributed by atoms with Gasteiger partial charge in [-0.3, -0.25) is 9.58 Å². The van der Waals surface area contributed by atoms with E-state index in [1.807, 2.05) is 17.9 Å². The van der Waals surface area contributed by atoms with Crippen molar-refractivity contribution in [1.29, 1.82) is 0 Å². The molecule has 2 aromatic heterocycles.